The Morgan fingerprint density at radius 1 is 1.25 bits per heavy atom. The summed E-state index contributed by atoms with van der Waals surface area (Å²) in [5.74, 6) is 1.77. The largest absolute Gasteiger partial charge is 0.496 e. The van der Waals surface area contributed by atoms with E-state index in [2.05, 4.69) is 16.3 Å². The number of piperazine rings is 1. The molecule has 2 aliphatic rings. The Kier molecular flexibility index (Phi) is 7.38. The molecule has 24 heavy (non-hydrogen) atoms. The van der Waals surface area contributed by atoms with Gasteiger partial charge in [0.25, 0.3) is 0 Å². The fourth-order valence-electron chi connectivity index (χ4n) is 3.98. The van der Waals surface area contributed by atoms with Gasteiger partial charge in [-0.05, 0) is 24.8 Å². The van der Waals surface area contributed by atoms with Crippen LogP contribution in [0.1, 0.15) is 50.1 Å². The van der Waals surface area contributed by atoms with Gasteiger partial charge in [-0.25, -0.2) is 0 Å². The molecule has 2 fully saturated rings. The first-order valence-electron chi connectivity index (χ1n) is 8.92. The molecule has 1 aliphatic heterocycles. The first kappa shape index (κ1) is 19.1. The Balaban J connectivity index is 0.00000208. The minimum Gasteiger partial charge on any atom is -0.496 e. The topological polar surface area (TPSA) is 41.6 Å². The molecule has 5 heteroatoms. The minimum atomic E-state index is 0. The van der Waals surface area contributed by atoms with E-state index >= 15 is 0 Å². The van der Waals surface area contributed by atoms with E-state index in [-0.39, 0.29) is 18.4 Å². The molecule has 1 aromatic carbocycles. The second-order valence-electron chi connectivity index (χ2n) is 6.76. The fourth-order valence-corrected chi connectivity index (χ4v) is 3.98. The molecule has 0 spiro atoms. The van der Waals surface area contributed by atoms with Gasteiger partial charge >= 0.3 is 0 Å². The molecule has 1 aromatic rings. The second kappa shape index (κ2) is 9.28. The van der Waals surface area contributed by atoms with Crippen LogP contribution in [0.4, 0.5) is 0 Å². The molecule has 1 unspecified atom stereocenters. The summed E-state index contributed by atoms with van der Waals surface area (Å²) in [6.07, 6.45) is 7.06. The first-order chi connectivity index (χ1) is 11.3. The van der Waals surface area contributed by atoms with Crippen molar-refractivity contribution in [3.8, 4) is 5.75 Å². The van der Waals surface area contributed by atoms with Gasteiger partial charge in [-0.3, -0.25) is 4.79 Å². The van der Waals surface area contributed by atoms with Gasteiger partial charge in [-0.2, -0.15) is 0 Å². The zero-order valence-corrected chi connectivity index (χ0v) is 15.3. The van der Waals surface area contributed by atoms with Gasteiger partial charge < -0.3 is 15.0 Å². The van der Waals surface area contributed by atoms with Crippen molar-refractivity contribution in [3.63, 3.8) is 0 Å². The highest BCUT2D eigenvalue weighted by molar-refractivity contribution is 5.85. The lowest BCUT2D eigenvalue weighted by atomic mass is 9.86. The summed E-state index contributed by atoms with van der Waals surface area (Å²) >= 11 is 0. The van der Waals surface area contributed by atoms with Crippen LogP contribution < -0.4 is 10.1 Å². The number of carbonyl (C=O) groups is 1. The number of para-hydroxylation sites is 1. The number of halogens is 1. The summed E-state index contributed by atoms with van der Waals surface area (Å²) < 4.78 is 5.51. The predicted molar refractivity (Wildman–Crippen MR) is 98.8 cm³/mol. The van der Waals surface area contributed by atoms with Gasteiger partial charge in [-0.15, -0.1) is 12.4 Å². The average Bonchev–Trinajstić information content (AvgIpc) is 2.62. The Morgan fingerprint density at radius 3 is 2.75 bits per heavy atom. The molecule has 0 aromatic heterocycles. The van der Waals surface area contributed by atoms with E-state index in [0.29, 0.717) is 18.2 Å². The Bertz CT molecular complexity index is 532. The van der Waals surface area contributed by atoms with Crippen molar-refractivity contribution >= 4 is 18.3 Å². The monoisotopic (exact) mass is 352 g/mol. The predicted octanol–water partition coefficient (Wildman–Crippen LogP) is 3.56. The molecule has 0 radical (unpaired) electrons. The standard InChI is InChI=1S/C19H28N2O2.ClH/c1-23-18-10-6-5-9-16(18)17-14-20-11-12-21(17)19(22)13-15-7-3-2-4-8-15;/h5-6,9-10,15,17,20H,2-4,7-8,11-14H2,1H3;1H. The third-order valence-corrected chi connectivity index (χ3v) is 5.25. The van der Waals surface area contributed by atoms with Gasteiger partial charge in [0, 0.05) is 31.6 Å². The number of rotatable bonds is 4. The lowest BCUT2D eigenvalue weighted by Gasteiger charge is -2.38. The van der Waals surface area contributed by atoms with Crippen LogP contribution in [-0.4, -0.2) is 37.6 Å². The molecule has 134 valence electrons. The third kappa shape index (κ3) is 4.42. The van der Waals surface area contributed by atoms with Crippen molar-refractivity contribution in [2.45, 2.75) is 44.6 Å². The SMILES string of the molecule is COc1ccccc1C1CNCCN1C(=O)CC1CCCCC1.Cl. The summed E-state index contributed by atoms with van der Waals surface area (Å²) in [6.45, 7) is 2.47. The highest BCUT2D eigenvalue weighted by Crippen LogP contribution is 2.32. The van der Waals surface area contributed by atoms with Crippen LogP contribution in [0.2, 0.25) is 0 Å². The summed E-state index contributed by atoms with van der Waals surface area (Å²) in [7, 11) is 1.70. The third-order valence-electron chi connectivity index (χ3n) is 5.25. The lowest BCUT2D eigenvalue weighted by molar-refractivity contribution is -0.135. The highest BCUT2D eigenvalue weighted by Gasteiger charge is 2.31. The van der Waals surface area contributed by atoms with Crippen molar-refractivity contribution in [2.75, 3.05) is 26.7 Å². The molecular weight excluding hydrogens is 324 g/mol. The van der Waals surface area contributed by atoms with Gasteiger partial charge in [0.1, 0.15) is 5.75 Å². The van der Waals surface area contributed by atoms with Crippen molar-refractivity contribution in [1.29, 1.82) is 0 Å². The quantitative estimate of drug-likeness (QED) is 0.900. The number of methoxy groups -OCH3 is 1. The van der Waals surface area contributed by atoms with Crippen LogP contribution in [0.3, 0.4) is 0 Å². The summed E-state index contributed by atoms with van der Waals surface area (Å²) in [6, 6.07) is 8.14. The molecule has 1 atom stereocenters. The number of hydrogen-bond acceptors (Lipinski definition) is 3. The van der Waals surface area contributed by atoms with E-state index in [9.17, 15) is 4.79 Å². The van der Waals surface area contributed by atoms with Crippen molar-refractivity contribution in [1.82, 2.24) is 10.2 Å². The van der Waals surface area contributed by atoms with E-state index in [4.69, 9.17) is 4.74 Å². The molecule has 0 bridgehead atoms. The van der Waals surface area contributed by atoms with Crippen LogP contribution in [0.5, 0.6) is 5.75 Å². The number of benzene rings is 1. The van der Waals surface area contributed by atoms with Crippen molar-refractivity contribution in [2.24, 2.45) is 5.92 Å². The normalized spacial score (nSPS) is 21.9. The summed E-state index contributed by atoms with van der Waals surface area (Å²) in [4.78, 5) is 15.0. The zero-order valence-electron chi connectivity index (χ0n) is 14.5. The maximum absolute atomic E-state index is 12.9. The van der Waals surface area contributed by atoms with E-state index < -0.39 is 0 Å². The van der Waals surface area contributed by atoms with E-state index in [1.807, 2.05) is 18.2 Å². The molecule has 1 N–H and O–H groups in total. The number of hydrogen-bond donors (Lipinski definition) is 1. The Labute approximate surface area is 151 Å². The molecule has 1 amide bonds. The van der Waals surface area contributed by atoms with Crippen molar-refractivity contribution < 1.29 is 9.53 Å². The first-order valence-corrected chi connectivity index (χ1v) is 8.92. The summed E-state index contributed by atoms with van der Waals surface area (Å²) in [5, 5.41) is 3.42. The maximum Gasteiger partial charge on any atom is 0.223 e. The molecule has 4 nitrogen and oxygen atoms in total. The zero-order chi connectivity index (χ0) is 16.1. The lowest BCUT2D eigenvalue weighted by Crippen LogP contribution is -2.49. The molecular formula is C19H29ClN2O2. The minimum absolute atomic E-state index is 0. The van der Waals surface area contributed by atoms with E-state index in [1.165, 1.54) is 32.1 Å². The molecule has 1 heterocycles. The van der Waals surface area contributed by atoms with Crippen LogP contribution >= 0.6 is 12.4 Å². The molecule has 1 saturated heterocycles. The Morgan fingerprint density at radius 2 is 2.00 bits per heavy atom. The number of nitrogens with one attached hydrogen (secondary N) is 1. The van der Waals surface area contributed by atoms with Crippen LogP contribution in [0.25, 0.3) is 0 Å². The number of ether oxygens (including phenoxy) is 1. The van der Waals surface area contributed by atoms with Crippen LogP contribution in [0.15, 0.2) is 24.3 Å². The number of nitrogens with zero attached hydrogens (tertiary/aromatic N) is 1. The smallest absolute Gasteiger partial charge is 0.223 e. The van der Waals surface area contributed by atoms with E-state index in [0.717, 1.165) is 30.9 Å². The molecule has 3 rings (SSSR count). The summed E-state index contributed by atoms with van der Waals surface area (Å²) in [5.41, 5.74) is 1.11. The Hall–Kier alpha value is -1.26. The number of amides is 1. The molecule has 1 aliphatic carbocycles. The van der Waals surface area contributed by atoms with Crippen LogP contribution in [-0.2, 0) is 4.79 Å². The number of carbonyl (C=O) groups excluding carboxylic acids is 1. The van der Waals surface area contributed by atoms with Gasteiger partial charge in [-0.1, -0.05) is 37.5 Å². The van der Waals surface area contributed by atoms with E-state index in [1.54, 1.807) is 7.11 Å². The highest BCUT2D eigenvalue weighted by atomic mass is 35.5. The van der Waals surface area contributed by atoms with Gasteiger partial charge in [0.15, 0.2) is 0 Å². The van der Waals surface area contributed by atoms with Crippen molar-refractivity contribution in [3.05, 3.63) is 29.8 Å². The van der Waals surface area contributed by atoms with Gasteiger partial charge in [0.05, 0.1) is 13.2 Å². The van der Waals surface area contributed by atoms with Crippen LogP contribution in [0, 0.1) is 5.92 Å². The fraction of sp³-hybridized carbons (Fsp3) is 0.632. The maximum atomic E-state index is 12.9. The second-order valence-corrected chi connectivity index (χ2v) is 6.76. The molecule has 1 saturated carbocycles. The van der Waals surface area contributed by atoms with Gasteiger partial charge in [0.2, 0.25) is 5.91 Å². The average molecular weight is 353 g/mol.